The maximum atomic E-state index is 12.1. The summed E-state index contributed by atoms with van der Waals surface area (Å²) in [6.45, 7) is 0. The molecule has 0 aliphatic heterocycles. The van der Waals surface area contributed by atoms with E-state index in [1.807, 2.05) is 36.4 Å². The topological polar surface area (TPSA) is 30.2 Å². The molecular formula is C16H11ClO2. The van der Waals surface area contributed by atoms with Crippen LogP contribution in [-0.2, 0) is 0 Å². The third-order valence-electron chi connectivity index (χ3n) is 3.66. The van der Waals surface area contributed by atoms with Crippen molar-refractivity contribution >= 4 is 39.1 Å². The van der Waals surface area contributed by atoms with Crippen molar-refractivity contribution in [3.05, 3.63) is 47.2 Å². The van der Waals surface area contributed by atoms with Crippen LogP contribution in [0, 0.1) is 5.92 Å². The molecule has 0 bridgehead atoms. The summed E-state index contributed by atoms with van der Waals surface area (Å²) < 4.78 is 5.79. The van der Waals surface area contributed by atoms with Crippen LogP contribution in [0.1, 0.15) is 23.4 Å². The van der Waals surface area contributed by atoms with E-state index in [0.29, 0.717) is 10.8 Å². The highest BCUT2D eigenvalue weighted by Gasteiger charge is 2.32. The average molecular weight is 271 g/mol. The highest BCUT2D eigenvalue weighted by Crippen LogP contribution is 2.37. The van der Waals surface area contributed by atoms with Gasteiger partial charge in [-0.2, -0.15) is 0 Å². The number of hydrogen-bond acceptors (Lipinski definition) is 2. The summed E-state index contributed by atoms with van der Waals surface area (Å²) in [5, 5.41) is 3.50. The van der Waals surface area contributed by atoms with E-state index in [2.05, 4.69) is 0 Å². The highest BCUT2D eigenvalue weighted by molar-refractivity contribution is 6.37. The Labute approximate surface area is 115 Å². The Balaban J connectivity index is 2.02. The van der Waals surface area contributed by atoms with Gasteiger partial charge in [0.05, 0.1) is 0 Å². The van der Waals surface area contributed by atoms with Gasteiger partial charge in [0.1, 0.15) is 5.58 Å². The molecule has 0 N–H and O–H groups in total. The number of halogens is 1. The second kappa shape index (κ2) is 3.84. The van der Waals surface area contributed by atoms with Crippen LogP contribution < -0.4 is 0 Å². The maximum absolute atomic E-state index is 12.1. The van der Waals surface area contributed by atoms with E-state index < -0.39 is 0 Å². The second-order valence-electron chi connectivity index (χ2n) is 5.07. The summed E-state index contributed by atoms with van der Waals surface area (Å²) in [7, 11) is 0. The Morgan fingerprint density at radius 3 is 2.63 bits per heavy atom. The zero-order chi connectivity index (χ0) is 13.0. The fraction of sp³-hybridized carbons (Fsp3) is 0.188. The van der Waals surface area contributed by atoms with Gasteiger partial charge in [0.15, 0.2) is 5.76 Å². The average Bonchev–Trinajstić information content (AvgIpc) is 3.18. The number of carbonyl (C=O) groups is 1. The van der Waals surface area contributed by atoms with Crippen molar-refractivity contribution in [2.75, 3.05) is 0 Å². The van der Waals surface area contributed by atoms with Crippen LogP contribution >= 0.6 is 11.6 Å². The molecular weight excluding hydrogens is 260 g/mol. The molecule has 4 rings (SSSR count). The summed E-state index contributed by atoms with van der Waals surface area (Å²) in [5.41, 5.74) is 0.754. The lowest BCUT2D eigenvalue weighted by Crippen LogP contribution is -1.98. The van der Waals surface area contributed by atoms with Gasteiger partial charge in [0, 0.05) is 27.1 Å². The Bertz CT molecular complexity index is 812. The largest absolute Gasteiger partial charge is 0.452 e. The van der Waals surface area contributed by atoms with Crippen LogP contribution in [0.4, 0.5) is 0 Å². The van der Waals surface area contributed by atoms with E-state index in [1.54, 1.807) is 0 Å². The molecule has 2 nitrogen and oxygen atoms in total. The first-order valence-corrected chi connectivity index (χ1v) is 6.77. The van der Waals surface area contributed by atoms with Crippen molar-refractivity contribution < 1.29 is 9.21 Å². The summed E-state index contributed by atoms with van der Waals surface area (Å²) in [6, 6.07) is 11.5. The van der Waals surface area contributed by atoms with E-state index in [0.717, 1.165) is 34.6 Å². The minimum Gasteiger partial charge on any atom is -0.452 e. The Kier molecular flexibility index (Phi) is 2.24. The smallest absolute Gasteiger partial charge is 0.201 e. The van der Waals surface area contributed by atoms with Crippen LogP contribution in [0.5, 0.6) is 0 Å². The van der Waals surface area contributed by atoms with Crippen molar-refractivity contribution in [1.29, 1.82) is 0 Å². The lowest BCUT2D eigenvalue weighted by molar-refractivity contribution is 0.0942. The highest BCUT2D eigenvalue weighted by atomic mass is 35.5. The molecule has 19 heavy (non-hydrogen) atoms. The molecule has 3 heteroatoms. The monoisotopic (exact) mass is 270 g/mol. The van der Waals surface area contributed by atoms with E-state index in [4.69, 9.17) is 16.0 Å². The van der Waals surface area contributed by atoms with E-state index in [-0.39, 0.29) is 11.7 Å². The second-order valence-corrected chi connectivity index (χ2v) is 5.48. The molecule has 2 aromatic carbocycles. The normalized spacial score (nSPS) is 15.2. The Morgan fingerprint density at radius 1 is 1.16 bits per heavy atom. The Hall–Kier alpha value is -1.80. The van der Waals surface area contributed by atoms with E-state index >= 15 is 0 Å². The van der Waals surface area contributed by atoms with Gasteiger partial charge >= 0.3 is 0 Å². The van der Waals surface area contributed by atoms with Gasteiger partial charge in [-0.3, -0.25) is 4.79 Å². The molecule has 0 radical (unpaired) electrons. The molecule has 1 aliphatic carbocycles. The maximum Gasteiger partial charge on any atom is 0.201 e. The van der Waals surface area contributed by atoms with Gasteiger partial charge in [-0.25, -0.2) is 0 Å². The van der Waals surface area contributed by atoms with Crippen LogP contribution in [-0.4, -0.2) is 5.78 Å². The van der Waals surface area contributed by atoms with Crippen LogP contribution in [0.3, 0.4) is 0 Å². The first-order chi connectivity index (χ1) is 9.24. The SMILES string of the molecule is O=C(c1cc2cc(Cl)c3ccccc3c2o1)C1CC1. The molecule has 1 aliphatic rings. The molecule has 3 aromatic rings. The summed E-state index contributed by atoms with van der Waals surface area (Å²) in [6.07, 6.45) is 1.97. The number of furan rings is 1. The standard InChI is InChI=1S/C16H11ClO2/c17-13-7-10-8-14(15(18)9-5-6-9)19-16(10)12-4-2-1-3-11(12)13/h1-4,7-9H,5-6H2. The van der Waals surface area contributed by atoms with Crippen LogP contribution in [0.2, 0.25) is 5.02 Å². The van der Waals surface area contributed by atoms with Crippen molar-refractivity contribution in [1.82, 2.24) is 0 Å². The first kappa shape index (κ1) is 11.1. The van der Waals surface area contributed by atoms with Gasteiger partial charge in [-0.05, 0) is 25.0 Å². The third-order valence-corrected chi connectivity index (χ3v) is 3.98. The zero-order valence-corrected chi connectivity index (χ0v) is 10.9. The molecule has 1 aromatic heterocycles. The number of carbonyl (C=O) groups excluding carboxylic acids is 1. The number of fused-ring (bicyclic) bond motifs is 3. The summed E-state index contributed by atoms with van der Waals surface area (Å²) in [5.74, 6) is 0.753. The lowest BCUT2D eigenvalue weighted by Gasteiger charge is -2.00. The predicted molar refractivity (Wildman–Crippen MR) is 75.8 cm³/mol. The minimum absolute atomic E-state index is 0.122. The molecule has 1 fully saturated rings. The van der Waals surface area contributed by atoms with Gasteiger partial charge in [0.2, 0.25) is 5.78 Å². The molecule has 1 heterocycles. The van der Waals surface area contributed by atoms with Gasteiger partial charge in [-0.1, -0.05) is 35.9 Å². The number of ketones is 1. The van der Waals surface area contributed by atoms with Crippen LogP contribution in [0.25, 0.3) is 21.7 Å². The molecule has 0 amide bonds. The van der Waals surface area contributed by atoms with Crippen molar-refractivity contribution in [3.63, 3.8) is 0 Å². The third kappa shape index (κ3) is 1.67. The molecule has 0 saturated heterocycles. The summed E-state index contributed by atoms with van der Waals surface area (Å²) >= 11 is 6.27. The fourth-order valence-electron chi connectivity index (χ4n) is 2.49. The number of hydrogen-bond donors (Lipinski definition) is 0. The molecule has 94 valence electrons. The first-order valence-electron chi connectivity index (χ1n) is 6.39. The minimum atomic E-state index is 0.122. The molecule has 0 unspecified atom stereocenters. The fourth-order valence-corrected chi connectivity index (χ4v) is 2.78. The lowest BCUT2D eigenvalue weighted by atomic mass is 10.1. The van der Waals surface area contributed by atoms with Gasteiger partial charge < -0.3 is 4.42 Å². The predicted octanol–water partition coefficient (Wildman–Crippen LogP) is 4.83. The summed E-state index contributed by atoms with van der Waals surface area (Å²) in [4.78, 5) is 12.1. The molecule has 1 saturated carbocycles. The Morgan fingerprint density at radius 2 is 1.89 bits per heavy atom. The van der Waals surface area contributed by atoms with Crippen molar-refractivity contribution in [2.45, 2.75) is 12.8 Å². The van der Waals surface area contributed by atoms with E-state index in [9.17, 15) is 4.79 Å². The van der Waals surface area contributed by atoms with E-state index in [1.165, 1.54) is 0 Å². The molecule has 0 atom stereocenters. The van der Waals surface area contributed by atoms with Crippen LogP contribution in [0.15, 0.2) is 40.8 Å². The van der Waals surface area contributed by atoms with Crippen molar-refractivity contribution in [3.8, 4) is 0 Å². The molecule has 0 spiro atoms. The zero-order valence-electron chi connectivity index (χ0n) is 10.2. The number of rotatable bonds is 2. The quantitative estimate of drug-likeness (QED) is 0.624. The van der Waals surface area contributed by atoms with Crippen molar-refractivity contribution in [2.24, 2.45) is 5.92 Å². The number of Topliss-reactive ketones (excluding diaryl/α,β-unsaturated/α-hetero) is 1. The van der Waals surface area contributed by atoms with Gasteiger partial charge in [0.25, 0.3) is 0 Å². The number of benzene rings is 2. The van der Waals surface area contributed by atoms with Gasteiger partial charge in [-0.15, -0.1) is 0 Å².